The van der Waals surface area contributed by atoms with Gasteiger partial charge in [0.15, 0.2) is 0 Å². The maximum Gasteiger partial charge on any atom is 0.133 e. The molecule has 0 atom stereocenters. The lowest BCUT2D eigenvalue weighted by molar-refractivity contribution is -0.121. The molecular formula is C16H20N2O. The normalized spacial score (nSPS) is 16.6. The average molecular weight is 256 g/mol. The van der Waals surface area contributed by atoms with Gasteiger partial charge in [0, 0.05) is 25.4 Å². The molecule has 2 rings (SSSR count). The van der Waals surface area contributed by atoms with Gasteiger partial charge in [-0.25, -0.2) is 0 Å². The number of benzene rings is 1. The fourth-order valence-electron chi connectivity index (χ4n) is 2.71. The first kappa shape index (κ1) is 13.8. The largest absolute Gasteiger partial charge is 0.300 e. The summed E-state index contributed by atoms with van der Waals surface area (Å²) in [5, 5.41) is 8.87. The first-order valence-corrected chi connectivity index (χ1v) is 6.81. The Hall–Kier alpha value is -1.66. The maximum atomic E-state index is 11.3. The van der Waals surface area contributed by atoms with Crippen molar-refractivity contribution in [2.75, 3.05) is 7.05 Å². The van der Waals surface area contributed by atoms with Gasteiger partial charge in [-0.15, -0.1) is 0 Å². The molecular weight excluding hydrogens is 236 g/mol. The minimum atomic E-state index is 0.402. The number of nitriles is 1. The number of ketones is 1. The minimum Gasteiger partial charge on any atom is -0.300 e. The van der Waals surface area contributed by atoms with Crippen LogP contribution in [-0.4, -0.2) is 23.8 Å². The van der Waals surface area contributed by atoms with Crippen LogP contribution in [0.3, 0.4) is 0 Å². The van der Waals surface area contributed by atoms with Crippen molar-refractivity contribution >= 4 is 5.78 Å². The number of carbonyl (C=O) groups is 1. The summed E-state index contributed by atoms with van der Waals surface area (Å²) in [6, 6.07) is 8.53. The van der Waals surface area contributed by atoms with E-state index in [0.29, 0.717) is 17.4 Å². The molecule has 1 saturated carbocycles. The fraction of sp³-hybridized carbons (Fsp3) is 0.500. The first-order chi connectivity index (χ1) is 9.10. The van der Waals surface area contributed by atoms with Crippen LogP contribution < -0.4 is 0 Å². The van der Waals surface area contributed by atoms with Crippen LogP contribution in [0.15, 0.2) is 18.2 Å². The predicted molar refractivity (Wildman–Crippen MR) is 74.6 cm³/mol. The molecule has 0 unspecified atom stereocenters. The zero-order valence-corrected chi connectivity index (χ0v) is 11.6. The molecule has 0 amide bonds. The molecule has 0 bridgehead atoms. The van der Waals surface area contributed by atoms with Crippen molar-refractivity contribution in [1.82, 2.24) is 4.90 Å². The molecule has 0 spiro atoms. The highest BCUT2D eigenvalue weighted by Gasteiger charge is 2.22. The highest BCUT2D eigenvalue weighted by atomic mass is 16.1. The number of hydrogen-bond donors (Lipinski definition) is 0. The molecule has 0 saturated heterocycles. The predicted octanol–water partition coefficient (Wildman–Crippen LogP) is 2.81. The third-order valence-corrected chi connectivity index (χ3v) is 4.03. The van der Waals surface area contributed by atoms with Gasteiger partial charge in [-0.05, 0) is 50.1 Å². The van der Waals surface area contributed by atoms with E-state index in [4.69, 9.17) is 5.26 Å². The van der Waals surface area contributed by atoms with Crippen LogP contribution >= 0.6 is 0 Å². The van der Waals surface area contributed by atoms with E-state index in [1.165, 1.54) is 5.56 Å². The standard InChI is InChI=1S/C16H20N2O/c1-12-9-13(10-17)3-4-14(12)11-18(2)15-5-7-16(19)8-6-15/h3-4,9,15H,5-8,11H2,1-2H3. The highest BCUT2D eigenvalue weighted by molar-refractivity contribution is 5.79. The second-order valence-electron chi connectivity index (χ2n) is 5.44. The average Bonchev–Trinajstić information content (AvgIpc) is 2.41. The van der Waals surface area contributed by atoms with Gasteiger partial charge in [-0.2, -0.15) is 5.26 Å². The van der Waals surface area contributed by atoms with Crippen molar-refractivity contribution in [3.8, 4) is 6.07 Å². The summed E-state index contributed by atoms with van der Waals surface area (Å²) in [5.74, 6) is 0.402. The van der Waals surface area contributed by atoms with Gasteiger partial charge < -0.3 is 0 Å². The molecule has 0 radical (unpaired) electrons. The minimum absolute atomic E-state index is 0.402. The molecule has 0 aromatic heterocycles. The van der Waals surface area contributed by atoms with Crippen LogP contribution in [0.1, 0.15) is 42.4 Å². The molecule has 0 aliphatic heterocycles. The lowest BCUT2D eigenvalue weighted by Gasteiger charge is -2.31. The van der Waals surface area contributed by atoms with Gasteiger partial charge in [0.2, 0.25) is 0 Å². The SMILES string of the molecule is Cc1cc(C#N)ccc1CN(C)C1CCC(=O)CC1. The van der Waals surface area contributed by atoms with Crippen LogP contribution in [0.2, 0.25) is 0 Å². The third kappa shape index (κ3) is 3.42. The Kier molecular flexibility index (Phi) is 4.34. The van der Waals surface area contributed by atoms with Crippen molar-refractivity contribution in [2.45, 2.75) is 45.2 Å². The van der Waals surface area contributed by atoms with Gasteiger partial charge in [-0.3, -0.25) is 9.69 Å². The van der Waals surface area contributed by atoms with Crippen LogP contribution in [0.4, 0.5) is 0 Å². The lowest BCUT2D eigenvalue weighted by Crippen LogP contribution is -2.35. The first-order valence-electron chi connectivity index (χ1n) is 6.81. The summed E-state index contributed by atoms with van der Waals surface area (Å²) >= 11 is 0. The van der Waals surface area contributed by atoms with E-state index < -0.39 is 0 Å². The highest BCUT2D eigenvalue weighted by Crippen LogP contribution is 2.22. The topological polar surface area (TPSA) is 44.1 Å². The van der Waals surface area contributed by atoms with Crippen molar-refractivity contribution in [3.63, 3.8) is 0 Å². The second kappa shape index (κ2) is 5.99. The lowest BCUT2D eigenvalue weighted by atomic mass is 9.93. The summed E-state index contributed by atoms with van der Waals surface area (Å²) in [6.07, 6.45) is 3.40. The monoisotopic (exact) mass is 256 g/mol. The molecule has 3 nitrogen and oxygen atoms in total. The number of aryl methyl sites for hydroxylation is 1. The van der Waals surface area contributed by atoms with Crippen molar-refractivity contribution in [1.29, 1.82) is 5.26 Å². The smallest absolute Gasteiger partial charge is 0.133 e. The van der Waals surface area contributed by atoms with E-state index in [0.717, 1.165) is 37.8 Å². The summed E-state index contributed by atoms with van der Waals surface area (Å²) in [7, 11) is 2.12. The number of hydrogen-bond acceptors (Lipinski definition) is 3. The molecule has 1 aliphatic rings. The maximum absolute atomic E-state index is 11.3. The van der Waals surface area contributed by atoms with Crippen LogP contribution in [0.25, 0.3) is 0 Å². The fourth-order valence-corrected chi connectivity index (χ4v) is 2.71. The molecule has 0 N–H and O–H groups in total. The van der Waals surface area contributed by atoms with Crippen molar-refractivity contribution < 1.29 is 4.79 Å². The molecule has 0 heterocycles. The van der Waals surface area contributed by atoms with Gasteiger partial charge >= 0.3 is 0 Å². The van der Waals surface area contributed by atoms with E-state index >= 15 is 0 Å². The number of carbonyl (C=O) groups excluding carboxylic acids is 1. The Bertz CT molecular complexity index is 506. The molecule has 100 valence electrons. The van der Waals surface area contributed by atoms with E-state index in [-0.39, 0.29) is 0 Å². The molecule has 1 aromatic rings. The van der Waals surface area contributed by atoms with E-state index in [1.54, 1.807) is 0 Å². The van der Waals surface area contributed by atoms with E-state index in [2.05, 4.69) is 24.9 Å². The number of rotatable bonds is 3. The number of nitrogens with zero attached hydrogens (tertiary/aromatic N) is 2. The van der Waals surface area contributed by atoms with Crippen molar-refractivity contribution in [3.05, 3.63) is 34.9 Å². The van der Waals surface area contributed by atoms with Gasteiger partial charge in [-0.1, -0.05) is 6.07 Å². The molecule has 1 fully saturated rings. The van der Waals surface area contributed by atoms with Crippen LogP contribution in [0, 0.1) is 18.3 Å². The zero-order valence-electron chi connectivity index (χ0n) is 11.6. The molecule has 1 aliphatic carbocycles. The summed E-state index contributed by atoms with van der Waals surface area (Å²) in [4.78, 5) is 13.6. The quantitative estimate of drug-likeness (QED) is 0.835. The third-order valence-electron chi connectivity index (χ3n) is 4.03. The summed E-state index contributed by atoms with van der Waals surface area (Å²) in [5.41, 5.74) is 3.14. The van der Waals surface area contributed by atoms with Gasteiger partial charge in [0.25, 0.3) is 0 Å². The summed E-state index contributed by atoms with van der Waals surface area (Å²) < 4.78 is 0. The van der Waals surface area contributed by atoms with Crippen LogP contribution in [0.5, 0.6) is 0 Å². The summed E-state index contributed by atoms with van der Waals surface area (Å²) in [6.45, 7) is 2.94. The Morgan fingerprint density at radius 1 is 1.37 bits per heavy atom. The van der Waals surface area contributed by atoms with Crippen molar-refractivity contribution in [2.24, 2.45) is 0 Å². The Balaban J connectivity index is 2.01. The van der Waals surface area contributed by atoms with E-state index in [9.17, 15) is 4.79 Å². The zero-order chi connectivity index (χ0) is 13.8. The Morgan fingerprint density at radius 3 is 2.63 bits per heavy atom. The Morgan fingerprint density at radius 2 is 2.05 bits per heavy atom. The van der Waals surface area contributed by atoms with Gasteiger partial charge in [0.05, 0.1) is 11.6 Å². The molecule has 3 heteroatoms. The number of Topliss-reactive ketones (excluding diaryl/α,β-unsaturated/α-hetero) is 1. The molecule has 1 aromatic carbocycles. The molecule has 19 heavy (non-hydrogen) atoms. The van der Waals surface area contributed by atoms with E-state index in [1.807, 2.05) is 18.2 Å². The van der Waals surface area contributed by atoms with Gasteiger partial charge in [0.1, 0.15) is 5.78 Å². The Labute approximate surface area is 114 Å². The second-order valence-corrected chi connectivity index (χ2v) is 5.44. The van der Waals surface area contributed by atoms with Crippen LogP contribution in [-0.2, 0) is 11.3 Å².